The topological polar surface area (TPSA) is 157 Å². The van der Waals surface area contributed by atoms with Gasteiger partial charge in [-0.25, -0.2) is 19.9 Å². The minimum Gasteiger partial charge on any atom is -0.463 e. The maximum absolute atomic E-state index is 12.0. The molecule has 0 spiro atoms. The molecule has 0 saturated carbocycles. The SMILES string of the molecule is CC(=O)OC[C@H]1O[C@@H](n2cnc3c(N[C@H](C)CSc4nc5ccccc5s4)nc(Br)nc32)[C@H](OC(C)=O)[C@@H]1OC(C)=O. The molecule has 1 aliphatic rings. The predicted molar refractivity (Wildman–Crippen MR) is 158 cm³/mol. The molecule has 1 aliphatic heterocycles. The summed E-state index contributed by atoms with van der Waals surface area (Å²) in [6.07, 6.45) is -2.54. The number of fused-ring (bicyclic) bond motifs is 2. The van der Waals surface area contributed by atoms with Crippen molar-refractivity contribution in [1.82, 2.24) is 24.5 Å². The lowest BCUT2D eigenvalue weighted by Crippen LogP contribution is -2.40. The minimum absolute atomic E-state index is 0.0184. The number of nitrogens with one attached hydrogen (secondary N) is 1. The average molecular weight is 680 g/mol. The number of ether oxygens (including phenoxy) is 4. The molecule has 0 unspecified atom stereocenters. The van der Waals surface area contributed by atoms with E-state index in [1.807, 2.05) is 25.1 Å². The van der Waals surface area contributed by atoms with Crippen molar-refractivity contribution in [1.29, 1.82) is 0 Å². The van der Waals surface area contributed by atoms with Crippen molar-refractivity contribution in [2.24, 2.45) is 0 Å². The molecule has 5 rings (SSSR count). The monoisotopic (exact) mass is 678 g/mol. The fraction of sp³-hybridized carbons (Fsp3) is 0.423. The Balaban J connectivity index is 1.39. The number of hydrogen-bond acceptors (Lipinski definition) is 14. The number of imidazole rings is 1. The van der Waals surface area contributed by atoms with Gasteiger partial charge in [0.05, 0.1) is 16.5 Å². The van der Waals surface area contributed by atoms with Crippen molar-refractivity contribution in [3.63, 3.8) is 0 Å². The third kappa shape index (κ3) is 6.82. The van der Waals surface area contributed by atoms with Gasteiger partial charge in [0, 0.05) is 32.6 Å². The molecule has 42 heavy (non-hydrogen) atoms. The number of halogens is 1. The van der Waals surface area contributed by atoms with Gasteiger partial charge in [-0.3, -0.25) is 19.0 Å². The molecule has 0 radical (unpaired) electrons. The van der Waals surface area contributed by atoms with Crippen molar-refractivity contribution in [3.8, 4) is 0 Å². The first-order chi connectivity index (χ1) is 20.1. The van der Waals surface area contributed by atoms with Crippen LogP contribution in [-0.2, 0) is 33.3 Å². The van der Waals surface area contributed by atoms with Gasteiger partial charge in [-0.2, -0.15) is 0 Å². The van der Waals surface area contributed by atoms with Crippen LogP contribution in [-0.4, -0.2) is 79.1 Å². The molecule has 0 aliphatic carbocycles. The fourth-order valence-corrected chi connectivity index (χ4v) is 6.87. The van der Waals surface area contributed by atoms with Crippen LogP contribution in [0.3, 0.4) is 0 Å². The Hall–Kier alpha value is -3.34. The highest BCUT2D eigenvalue weighted by Crippen LogP contribution is 2.37. The number of aromatic nitrogens is 5. The quantitative estimate of drug-likeness (QED) is 0.111. The maximum atomic E-state index is 12.0. The van der Waals surface area contributed by atoms with Gasteiger partial charge < -0.3 is 24.3 Å². The number of thiazole rings is 1. The molecule has 1 fully saturated rings. The zero-order chi connectivity index (χ0) is 30.0. The molecule has 1 aromatic carbocycles. The lowest BCUT2D eigenvalue weighted by Gasteiger charge is -2.23. The Morgan fingerprint density at radius 3 is 2.55 bits per heavy atom. The highest BCUT2D eigenvalue weighted by Gasteiger charge is 2.51. The van der Waals surface area contributed by atoms with Crippen molar-refractivity contribution in [2.45, 2.75) is 62.6 Å². The van der Waals surface area contributed by atoms with E-state index in [1.165, 1.54) is 27.1 Å². The lowest BCUT2D eigenvalue weighted by molar-refractivity contribution is -0.166. The van der Waals surface area contributed by atoms with E-state index in [4.69, 9.17) is 18.9 Å². The zero-order valence-electron chi connectivity index (χ0n) is 23.0. The predicted octanol–water partition coefficient (Wildman–Crippen LogP) is 4.12. The van der Waals surface area contributed by atoms with Gasteiger partial charge in [0.2, 0.25) is 4.73 Å². The Labute approximate surface area is 256 Å². The van der Waals surface area contributed by atoms with Gasteiger partial charge in [0.15, 0.2) is 39.8 Å². The van der Waals surface area contributed by atoms with E-state index < -0.39 is 42.4 Å². The van der Waals surface area contributed by atoms with Crippen LogP contribution < -0.4 is 5.32 Å². The highest BCUT2D eigenvalue weighted by molar-refractivity contribution is 9.10. The van der Waals surface area contributed by atoms with E-state index in [9.17, 15) is 14.4 Å². The van der Waals surface area contributed by atoms with Crippen LogP contribution in [0.1, 0.15) is 33.9 Å². The van der Waals surface area contributed by atoms with Gasteiger partial charge >= 0.3 is 17.9 Å². The number of rotatable bonds is 10. The lowest BCUT2D eigenvalue weighted by atomic mass is 10.1. The first-order valence-corrected chi connectivity index (χ1v) is 15.5. The summed E-state index contributed by atoms with van der Waals surface area (Å²) in [5.74, 6) is -0.562. The Morgan fingerprint density at radius 1 is 1.10 bits per heavy atom. The van der Waals surface area contributed by atoms with Crippen LogP contribution in [0.4, 0.5) is 5.82 Å². The van der Waals surface area contributed by atoms with Crippen molar-refractivity contribution in [3.05, 3.63) is 35.3 Å². The highest BCUT2D eigenvalue weighted by atomic mass is 79.9. The second-order valence-electron chi connectivity index (χ2n) is 9.48. The third-order valence-electron chi connectivity index (χ3n) is 6.12. The summed E-state index contributed by atoms with van der Waals surface area (Å²) in [5.41, 5.74) is 1.81. The summed E-state index contributed by atoms with van der Waals surface area (Å²) in [6, 6.07) is 8.00. The van der Waals surface area contributed by atoms with Crippen molar-refractivity contribution in [2.75, 3.05) is 17.7 Å². The number of para-hydroxylation sites is 1. The number of thioether (sulfide) groups is 1. The van der Waals surface area contributed by atoms with Gasteiger partial charge in [-0.05, 0) is 35.0 Å². The maximum Gasteiger partial charge on any atom is 0.303 e. The normalized spacial score (nSPS) is 20.9. The number of carbonyl (C=O) groups excluding carboxylic acids is 3. The second kappa shape index (κ2) is 12.9. The third-order valence-corrected chi connectivity index (χ3v) is 8.92. The number of benzene rings is 1. The minimum atomic E-state index is -1.07. The first kappa shape index (κ1) is 30.1. The molecule has 4 heterocycles. The number of esters is 3. The molecule has 3 aromatic heterocycles. The van der Waals surface area contributed by atoms with Gasteiger partial charge in [0.25, 0.3) is 0 Å². The molecule has 1 N–H and O–H groups in total. The fourth-order valence-electron chi connectivity index (χ4n) is 4.48. The van der Waals surface area contributed by atoms with E-state index in [2.05, 4.69) is 47.2 Å². The largest absolute Gasteiger partial charge is 0.463 e. The Morgan fingerprint density at radius 2 is 1.83 bits per heavy atom. The summed E-state index contributed by atoms with van der Waals surface area (Å²) in [5, 5.41) is 3.40. The van der Waals surface area contributed by atoms with Crippen LogP contribution in [0.5, 0.6) is 0 Å². The molecular formula is C26H27BrN6O7S2. The number of carbonyl (C=O) groups is 3. The van der Waals surface area contributed by atoms with Crippen LogP contribution in [0, 0.1) is 0 Å². The molecule has 5 atom stereocenters. The van der Waals surface area contributed by atoms with Crippen molar-refractivity contribution >= 4 is 84.1 Å². The van der Waals surface area contributed by atoms with Crippen LogP contribution in [0.15, 0.2) is 39.7 Å². The second-order valence-corrected chi connectivity index (χ2v) is 12.5. The summed E-state index contributed by atoms with van der Waals surface area (Å²) in [6.45, 7) is 5.53. The Bertz CT molecular complexity index is 1600. The molecule has 13 nitrogen and oxygen atoms in total. The first-order valence-electron chi connectivity index (χ1n) is 12.9. The van der Waals surface area contributed by atoms with E-state index in [1.54, 1.807) is 27.7 Å². The summed E-state index contributed by atoms with van der Waals surface area (Å²) >= 11 is 6.67. The molecular weight excluding hydrogens is 652 g/mol. The van der Waals surface area contributed by atoms with Crippen LogP contribution >= 0.6 is 39.0 Å². The molecule has 16 heteroatoms. The smallest absolute Gasteiger partial charge is 0.303 e. The van der Waals surface area contributed by atoms with E-state index in [0.717, 1.165) is 14.6 Å². The average Bonchev–Trinajstić information content (AvgIpc) is 3.61. The van der Waals surface area contributed by atoms with E-state index >= 15 is 0 Å². The number of hydrogen-bond donors (Lipinski definition) is 1. The molecule has 4 aromatic rings. The van der Waals surface area contributed by atoms with Gasteiger partial charge in [0.1, 0.15) is 12.7 Å². The van der Waals surface area contributed by atoms with Gasteiger partial charge in [-0.15, -0.1) is 11.3 Å². The molecule has 0 amide bonds. The standard InChI is InChI=1S/C26H27BrN6O7S2/c1-12(10-41-26-30-16-7-5-6-8-18(16)42-26)29-22-19-23(32-25(27)31-22)33(11-28-19)24-21(39-15(4)36)20(38-14(3)35)17(40-24)9-37-13(2)34/h5-8,11-12,17,20-21,24H,9-10H2,1-4H3,(H,29,31,32)/t12-,17-,20-,21-,24-/m1/s1. The number of nitrogens with zero attached hydrogens (tertiary/aromatic N) is 5. The van der Waals surface area contributed by atoms with E-state index in [0.29, 0.717) is 27.5 Å². The number of anilines is 1. The van der Waals surface area contributed by atoms with E-state index in [-0.39, 0.29) is 12.6 Å². The Kier molecular flexibility index (Phi) is 9.25. The molecule has 222 valence electrons. The van der Waals surface area contributed by atoms with Crippen LogP contribution in [0.25, 0.3) is 21.4 Å². The summed E-state index contributed by atoms with van der Waals surface area (Å²) < 4.78 is 26.3. The molecule has 1 saturated heterocycles. The molecule has 0 bridgehead atoms. The van der Waals surface area contributed by atoms with Crippen LogP contribution in [0.2, 0.25) is 0 Å². The van der Waals surface area contributed by atoms with Gasteiger partial charge in [-0.1, -0.05) is 23.9 Å². The van der Waals surface area contributed by atoms with Crippen molar-refractivity contribution < 1.29 is 33.3 Å². The zero-order valence-corrected chi connectivity index (χ0v) is 26.2. The summed E-state index contributed by atoms with van der Waals surface area (Å²) in [7, 11) is 0. The summed E-state index contributed by atoms with van der Waals surface area (Å²) in [4.78, 5) is 53.7.